The first kappa shape index (κ1) is 21.7. The third-order valence-electron chi connectivity index (χ3n) is 6.60. The highest BCUT2D eigenvalue weighted by atomic mass is 32.1. The lowest BCUT2D eigenvalue weighted by Crippen LogP contribution is -2.46. The number of anilines is 2. The molecule has 180 valence electrons. The Labute approximate surface area is 218 Å². The van der Waals surface area contributed by atoms with Crippen LogP contribution in [-0.4, -0.2) is 26.4 Å². The average Bonchev–Trinajstić information content (AvgIpc) is 3.57. The molecule has 1 N–H and O–H groups in total. The van der Waals surface area contributed by atoms with Gasteiger partial charge in [-0.1, -0.05) is 36.4 Å². The summed E-state index contributed by atoms with van der Waals surface area (Å²) in [5.74, 6) is 2.96. The second-order valence-electron chi connectivity index (χ2n) is 9.09. The van der Waals surface area contributed by atoms with Crippen molar-refractivity contribution in [3.05, 3.63) is 112 Å². The Morgan fingerprint density at radius 2 is 1.78 bits per heavy atom. The van der Waals surface area contributed by atoms with Crippen LogP contribution in [0.3, 0.4) is 0 Å². The number of hydrogen-bond acceptors (Lipinski definition) is 7. The highest BCUT2D eigenvalue weighted by molar-refractivity contribution is 7.10. The number of para-hydroxylation sites is 2. The van der Waals surface area contributed by atoms with E-state index in [0.717, 1.165) is 45.8 Å². The lowest BCUT2D eigenvalue weighted by molar-refractivity contribution is 0.820. The Morgan fingerprint density at radius 1 is 0.892 bits per heavy atom. The first-order valence-electron chi connectivity index (χ1n) is 12.1. The Bertz CT molecular complexity index is 1680. The summed E-state index contributed by atoms with van der Waals surface area (Å²) in [5, 5.41) is 10.6. The number of benzene rings is 2. The molecule has 0 saturated heterocycles. The third kappa shape index (κ3) is 3.56. The quantitative estimate of drug-likeness (QED) is 0.297. The zero-order valence-corrected chi connectivity index (χ0v) is 21.1. The highest BCUT2D eigenvalue weighted by Crippen LogP contribution is 2.48. The van der Waals surface area contributed by atoms with Crippen LogP contribution < -0.4 is 10.2 Å². The fraction of sp³-hybridized carbons (Fsp3) is 0.103. The van der Waals surface area contributed by atoms with E-state index in [1.165, 1.54) is 10.4 Å². The number of nitrogens with one attached hydrogen (secondary N) is 1. The van der Waals surface area contributed by atoms with Gasteiger partial charge in [-0.3, -0.25) is 0 Å². The number of pyridine rings is 1. The minimum Gasteiger partial charge on any atom is -0.337 e. The Morgan fingerprint density at radius 3 is 2.59 bits per heavy atom. The van der Waals surface area contributed by atoms with Gasteiger partial charge in [0.05, 0.1) is 17.1 Å². The van der Waals surface area contributed by atoms with Gasteiger partial charge in [0.15, 0.2) is 23.3 Å². The van der Waals surface area contributed by atoms with Gasteiger partial charge < -0.3 is 10.2 Å². The summed E-state index contributed by atoms with van der Waals surface area (Å²) in [6, 6.07) is 26.5. The van der Waals surface area contributed by atoms with Gasteiger partial charge in [-0.25, -0.2) is 15.0 Å². The molecular weight excluding hydrogens is 478 g/mol. The fourth-order valence-corrected chi connectivity index (χ4v) is 5.84. The Kier molecular flexibility index (Phi) is 5.00. The van der Waals surface area contributed by atoms with Gasteiger partial charge in [0, 0.05) is 22.3 Å². The summed E-state index contributed by atoms with van der Waals surface area (Å²) >= 11 is 1.73. The minimum absolute atomic E-state index is 0.106. The van der Waals surface area contributed by atoms with E-state index in [4.69, 9.17) is 15.1 Å². The van der Waals surface area contributed by atoms with Crippen LogP contribution in [0.15, 0.2) is 100 Å². The van der Waals surface area contributed by atoms with Gasteiger partial charge in [0.1, 0.15) is 6.04 Å². The molecule has 0 bridgehead atoms. The molecule has 0 unspecified atom stereocenters. The summed E-state index contributed by atoms with van der Waals surface area (Å²) in [7, 11) is 0. The fourth-order valence-electron chi connectivity index (χ4n) is 5.01. The maximum atomic E-state index is 5.24. The van der Waals surface area contributed by atoms with Crippen LogP contribution in [0.4, 0.5) is 22.9 Å². The van der Waals surface area contributed by atoms with E-state index in [9.17, 15) is 0 Å². The maximum absolute atomic E-state index is 5.24. The van der Waals surface area contributed by atoms with Crippen molar-refractivity contribution in [3.8, 4) is 5.82 Å². The molecule has 2 aliphatic heterocycles. The standard InChI is InChI=1S/C29H23N7S/c1-18-9-7-10-20(17-18)31-27-29-33-28-25(19(2)34-36(28)24-14-5-6-15-30-24)26(23-13-8-16-37-23)35(29)22-12-4-3-11-21(22)32-27/h3-17,26H,1-2H3,(H,31,32)/t26-/m1/s1. The molecule has 1 atom stereocenters. The van der Waals surface area contributed by atoms with Crippen LogP contribution in [0, 0.1) is 13.8 Å². The molecule has 0 saturated carbocycles. The summed E-state index contributed by atoms with van der Waals surface area (Å²) in [5.41, 5.74) is 6.06. The molecule has 7 nitrogen and oxygen atoms in total. The molecule has 0 amide bonds. The van der Waals surface area contributed by atoms with Crippen LogP contribution in [0.1, 0.15) is 27.7 Å². The number of aryl methyl sites for hydroxylation is 2. The molecule has 0 spiro atoms. The van der Waals surface area contributed by atoms with Gasteiger partial charge in [-0.05, 0) is 67.3 Å². The molecule has 5 aromatic rings. The van der Waals surface area contributed by atoms with Gasteiger partial charge in [0.25, 0.3) is 0 Å². The molecule has 0 fully saturated rings. The number of nitrogens with zero attached hydrogens (tertiary/aromatic N) is 6. The number of hydrogen-bond donors (Lipinski definition) is 1. The maximum Gasteiger partial charge on any atom is 0.179 e. The first-order chi connectivity index (χ1) is 18.2. The van der Waals surface area contributed by atoms with E-state index < -0.39 is 0 Å². The molecule has 3 aromatic heterocycles. The summed E-state index contributed by atoms with van der Waals surface area (Å²) in [4.78, 5) is 18.4. The molecule has 5 heterocycles. The van der Waals surface area contributed by atoms with E-state index in [2.05, 4.69) is 76.9 Å². The SMILES string of the molecule is Cc1cccc(NC2=Nc3ccccc3N3C2=Nc2c(c(C)nn2-c2ccccn2)[C@H]3c2cccs2)c1. The van der Waals surface area contributed by atoms with Crippen LogP contribution in [-0.2, 0) is 0 Å². The van der Waals surface area contributed by atoms with Gasteiger partial charge >= 0.3 is 0 Å². The molecular formula is C29H23N7S. The van der Waals surface area contributed by atoms with Gasteiger partial charge in [-0.2, -0.15) is 9.78 Å². The molecule has 7 rings (SSSR count). The molecule has 0 aliphatic carbocycles. The number of rotatable bonds is 3. The van der Waals surface area contributed by atoms with E-state index >= 15 is 0 Å². The zero-order chi connectivity index (χ0) is 24.9. The zero-order valence-electron chi connectivity index (χ0n) is 20.3. The van der Waals surface area contributed by atoms with Crippen LogP contribution in [0.25, 0.3) is 5.82 Å². The second-order valence-corrected chi connectivity index (χ2v) is 10.1. The van der Waals surface area contributed by atoms with Gasteiger partial charge in [-0.15, -0.1) is 11.3 Å². The second kappa shape index (κ2) is 8.53. The van der Waals surface area contributed by atoms with E-state index in [1.807, 2.05) is 41.1 Å². The van der Waals surface area contributed by atoms with Crippen molar-refractivity contribution in [2.75, 3.05) is 10.2 Å². The predicted octanol–water partition coefficient (Wildman–Crippen LogP) is 6.74. The van der Waals surface area contributed by atoms with Crippen molar-refractivity contribution in [2.45, 2.75) is 19.9 Å². The van der Waals surface area contributed by atoms with Crippen LogP contribution in [0.5, 0.6) is 0 Å². The average molecular weight is 502 g/mol. The summed E-state index contributed by atoms with van der Waals surface area (Å²) < 4.78 is 1.85. The highest BCUT2D eigenvalue weighted by Gasteiger charge is 2.41. The van der Waals surface area contributed by atoms with Gasteiger partial charge in [0.2, 0.25) is 0 Å². The summed E-state index contributed by atoms with van der Waals surface area (Å²) in [6.07, 6.45) is 1.78. The van der Waals surface area contributed by atoms with E-state index in [-0.39, 0.29) is 6.04 Å². The topological polar surface area (TPSA) is 70.7 Å². The van der Waals surface area contributed by atoms with Crippen molar-refractivity contribution in [1.29, 1.82) is 0 Å². The van der Waals surface area contributed by atoms with Crippen molar-refractivity contribution in [1.82, 2.24) is 14.8 Å². The molecule has 0 radical (unpaired) electrons. The van der Waals surface area contributed by atoms with Crippen LogP contribution >= 0.6 is 11.3 Å². The van der Waals surface area contributed by atoms with E-state index in [0.29, 0.717) is 5.84 Å². The monoisotopic (exact) mass is 501 g/mol. The lowest BCUT2D eigenvalue weighted by atomic mass is 9.98. The number of thiophene rings is 1. The molecule has 2 aliphatic rings. The predicted molar refractivity (Wildman–Crippen MR) is 150 cm³/mol. The van der Waals surface area contributed by atoms with Crippen molar-refractivity contribution < 1.29 is 0 Å². The number of aromatic nitrogens is 3. The van der Waals surface area contributed by atoms with Crippen LogP contribution in [0.2, 0.25) is 0 Å². The number of fused-ring (bicyclic) bond motifs is 4. The normalized spacial score (nSPS) is 15.8. The number of amidine groups is 2. The Balaban J connectivity index is 1.49. The summed E-state index contributed by atoms with van der Waals surface area (Å²) in [6.45, 7) is 4.14. The Hall–Kier alpha value is -4.56. The lowest BCUT2D eigenvalue weighted by Gasteiger charge is -2.40. The first-order valence-corrected chi connectivity index (χ1v) is 13.0. The van der Waals surface area contributed by atoms with Crippen molar-refractivity contribution in [2.24, 2.45) is 9.98 Å². The van der Waals surface area contributed by atoms with Crippen molar-refractivity contribution in [3.63, 3.8) is 0 Å². The number of aliphatic imine (C=N–C) groups is 2. The molecule has 37 heavy (non-hydrogen) atoms. The minimum atomic E-state index is -0.106. The largest absolute Gasteiger partial charge is 0.337 e. The van der Waals surface area contributed by atoms with Crippen molar-refractivity contribution >= 4 is 45.9 Å². The third-order valence-corrected chi connectivity index (χ3v) is 7.52. The van der Waals surface area contributed by atoms with E-state index in [1.54, 1.807) is 17.5 Å². The molecule has 2 aromatic carbocycles. The molecule has 8 heteroatoms. The smallest absolute Gasteiger partial charge is 0.179 e.